The fourth-order valence-electron chi connectivity index (χ4n) is 2.62. The third-order valence-electron chi connectivity index (χ3n) is 3.82. The molecule has 9 heteroatoms. The lowest BCUT2D eigenvalue weighted by molar-refractivity contribution is -0.142. The van der Waals surface area contributed by atoms with E-state index in [1.807, 2.05) is 0 Å². The number of ether oxygens (including phenoxy) is 1. The highest BCUT2D eigenvalue weighted by molar-refractivity contribution is 6.30. The second-order valence-electron chi connectivity index (χ2n) is 5.50. The van der Waals surface area contributed by atoms with Crippen molar-refractivity contribution in [2.24, 2.45) is 5.92 Å². The third-order valence-corrected chi connectivity index (χ3v) is 4.05. The number of amides is 2. The van der Waals surface area contributed by atoms with Crippen molar-refractivity contribution in [3.05, 3.63) is 23.2 Å². The number of alkyl halides is 2. The van der Waals surface area contributed by atoms with E-state index in [0.717, 1.165) is 0 Å². The van der Waals surface area contributed by atoms with Crippen LogP contribution in [0.15, 0.2) is 18.2 Å². The molecule has 0 heterocycles. The van der Waals surface area contributed by atoms with Crippen molar-refractivity contribution in [2.75, 3.05) is 5.32 Å². The van der Waals surface area contributed by atoms with Crippen molar-refractivity contribution in [2.45, 2.75) is 38.3 Å². The van der Waals surface area contributed by atoms with Crippen LogP contribution in [0.5, 0.6) is 5.75 Å². The van der Waals surface area contributed by atoms with Gasteiger partial charge in [0.15, 0.2) is 5.75 Å². The maximum absolute atomic E-state index is 12.4. The number of aliphatic carboxylic acids is 1. The van der Waals surface area contributed by atoms with Crippen LogP contribution in [-0.4, -0.2) is 29.8 Å². The number of hydrogen-bond acceptors (Lipinski definition) is 3. The van der Waals surface area contributed by atoms with Crippen LogP contribution in [0.4, 0.5) is 19.3 Å². The molecule has 0 radical (unpaired) electrons. The Morgan fingerprint density at radius 2 is 1.92 bits per heavy atom. The summed E-state index contributed by atoms with van der Waals surface area (Å²) >= 11 is 5.73. The Kier molecular flexibility index (Phi) is 6.19. The van der Waals surface area contributed by atoms with Crippen molar-refractivity contribution in [1.82, 2.24) is 5.32 Å². The molecule has 1 aliphatic rings. The minimum Gasteiger partial charge on any atom is -0.481 e. The number of halogens is 3. The summed E-state index contributed by atoms with van der Waals surface area (Å²) in [6.45, 7) is -3.04. The Morgan fingerprint density at radius 3 is 2.50 bits per heavy atom. The average molecular weight is 363 g/mol. The average Bonchev–Trinajstić information content (AvgIpc) is 2.50. The largest absolute Gasteiger partial charge is 0.481 e. The zero-order valence-corrected chi connectivity index (χ0v) is 13.4. The molecule has 6 nitrogen and oxygen atoms in total. The van der Waals surface area contributed by atoms with E-state index in [1.165, 1.54) is 18.2 Å². The topological polar surface area (TPSA) is 87.7 Å². The van der Waals surface area contributed by atoms with Gasteiger partial charge in [0.25, 0.3) is 0 Å². The molecule has 0 saturated heterocycles. The standard InChI is InChI=1S/C15H17ClF2N2O4/c16-9-3-6-11(12(7-9)24-14(17)18)20-15(23)19-10-4-1-8(2-5-10)13(21)22/h3,6-8,10,14H,1-2,4-5H2,(H,21,22)(H2,19,20,23). The molecule has 3 N–H and O–H groups in total. The highest BCUT2D eigenvalue weighted by Crippen LogP contribution is 2.30. The summed E-state index contributed by atoms with van der Waals surface area (Å²) in [4.78, 5) is 22.9. The molecule has 1 fully saturated rings. The van der Waals surface area contributed by atoms with Gasteiger partial charge in [0.2, 0.25) is 0 Å². The Bertz CT molecular complexity index is 607. The van der Waals surface area contributed by atoms with Crippen LogP contribution in [0.3, 0.4) is 0 Å². The molecule has 1 aromatic rings. The minimum absolute atomic E-state index is 0.0661. The molecule has 132 valence electrons. The quantitative estimate of drug-likeness (QED) is 0.745. The number of anilines is 1. The van der Waals surface area contributed by atoms with Crippen LogP contribution in [0.25, 0.3) is 0 Å². The summed E-state index contributed by atoms with van der Waals surface area (Å²) in [5.74, 6) is -1.44. The van der Waals surface area contributed by atoms with E-state index in [9.17, 15) is 18.4 Å². The normalized spacial score (nSPS) is 20.5. The molecule has 1 aliphatic carbocycles. The van der Waals surface area contributed by atoms with Gasteiger partial charge >= 0.3 is 18.6 Å². The number of urea groups is 1. The van der Waals surface area contributed by atoms with Gasteiger partial charge in [-0.25, -0.2) is 4.79 Å². The molecule has 1 saturated carbocycles. The monoisotopic (exact) mass is 362 g/mol. The number of carboxylic acids is 1. The number of carbonyl (C=O) groups is 2. The zero-order chi connectivity index (χ0) is 17.7. The van der Waals surface area contributed by atoms with Gasteiger partial charge in [-0.3, -0.25) is 4.79 Å². The van der Waals surface area contributed by atoms with Crippen LogP contribution in [-0.2, 0) is 4.79 Å². The first-order valence-corrected chi connectivity index (χ1v) is 7.77. The van der Waals surface area contributed by atoms with E-state index < -0.39 is 18.6 Å². The zero-order valence-electron chi connectivity index (χ0n) is 12.6. The molecule has 0 spiro atoms. The van der Waals surface area contributed by atoms with Crippen molar-refractivity contribution >= 4 is 29.3 Å². The number of carboxylic acid groups (broad SMARTS) is 1. The predicted molar refractivity (Wildman–Crippen MR) is 83.6 cm³/mol. The lowest BCUT2D eigenvalue weighted by Gasteiger charge is -2.27. The Balaban J connectivity index is 1.92. The first kappa shape index (κ1) is 18.3. The van der Waals surface area contributed by atoms with Crippen molar-refractivity contribution in [1.29, 1.82) is 0 Å². The predicted octanol–water partition coefficient (Wildman–Crippen LogP) is 3.71. The SMILES string of the molecule is O=C(Nc1ccc(Cl)cc1OC(F)F)NC1CCC(C(=O)O)CC1. The van der Waals surface area contributed by atoms with E-state index in [-0.39, 0.29) is 28.4 Å². The van der Waals surface area contributed by atoms with E-state index >= 15 is 0 Å². The summed E-state index contributed by atoms with van der Waals surface area (Å²) in [5.41, 5.74) is 0.0661. The molecule has 0 bridgehead atoms. The first-order chi connectivity index (χ1) is 11.3. The molecular weight excluding hydrogens is 346 g/mol. The summed E-state index contributed by atoms with van der Waals surface area (Å²) in [5, 5.41) is 14.3. The molecule has 0 atom stereocenters. The summed E-state index contributed by atoms with van der Waals surface area (Å²) < 4.78 is 29.1. The van der Waals surface area contributed by atoms with Gasteiger partial charge in [0.1, 0.15) is 0 Å². The Labute approximate surface area is 142 Å². The number of carbonyl (C=O) groups excluding carboxylic acids is 1. The Morgan fingerprint density at radius 1 is 1.25 bits per heavy atom. The van der Waals surface area contributed by atoms with Crippen LogP contribution in [0.2, 0.25) is 5.02 Å². The first-order valence-electron chi connectivity index (χ1n) is 7.40. The molecule has 2 rings (SSSR count). The molecular formula is C15H17ClF2N2O4. The number of rotatable bonds is 5. The fourth-order valence-corrected chi connectivity index (χ4v) is 2.78. The van der Waals surface area contributed by atoms with Gasteiger partial charge in [-0.05, 0) is 37.8 Å². The lowest BCUT2D eigenvalue weighted by Crippen LogP contribution is -2.41. The maximum atomic E-state index is 12.4. The number of benzene rings is 1. The van der Waals surface area contributed by atoms with Gasteiger partial charge in [-0.2, -0.15) is 8.78 Å². The second-order valence-corrected chi connectivity index (χ2v) is 5.94. The van der Waals surface area contributed by atoms with E-state index in [4.69, 9.17) is 16.7 Å². The molecule has 0 aromatic heterocycles. The van der Waals surface area contributed by atoms with Crippen LogP contribution in [0.1, 0.15) is 25.7 Å². The molecule has 0 unspecified atom stereocenters. The van der Waals surface area contributed by atoms with Gasteiger partial charge < -0.3 is 20.5 Å². The van der Waals surface area contributed by atoms with E-state index in [2.05, 4.69) is 15.4 Å². The Hall–Kier alpha value is -2.09. The number of hydrogen-bond donors (Lipinski definition) is 3. The second kappa shape index (κ2) is 8.14. The van der Waals surface area contributed by atoms with Crippen LogP contribution in [0, 0.1) is 5.92 Å². The summed E-state index contributed by atoms with van der Waals surface area (Å²) in [6.07, 6.45) is 2.07. The van der Waals surface area contributed by atoms with Crippen molar-refractivity contribution < 1.29 is 28.2 Å². The van der Waals surface area contributed by atoms with Crippen LogP contribution >= 0.6 is 11.6 Å². The third kappa shape index (κ3) is 5.23. The lowest BCUT2D eigenvalue weighted by atomic mass is 9.86. The van der Waals surface area contributed by atoms with Crippen LogP contribution < -0.4 is 15.4 Å². The highest BCUT2D eigenvalue weighted by atomic mass is 35.5. The smallest absolute Gasteiger partial charge is 0.387 e. The van der Waals surface area contributed by atoms with E-state index in [1.54, 1.807) is 0 Å². The molecule has 1 aromatic carbocycles. The van der Waals surface area contributed by atoms with Gasteiger partial charge in [-0.15, -0.1) is 0 Å². The summed E-state index contributed by atoms with van der Waals surface area (Å²) in [7, 11) is 0. The molecule has 24 heavy (non-hydrogen) atoms. The maximum Gasteiger partial charge on any atom is 0.387 e. The van der Waals surface area contributed by atoms with Crippen molar-refractivity contribution in [3.8, 4) is 5.75 Å². The van der Waals surface area contributed by atoms with E-state index in [0.29, 0.717) is 25.7 Å². The summed E-state index contributed by atoms with van der Waals surface area (Å²) in [6, 6.07) is 3.25. The highest BCUT2D eigenvalue weighted by Gasteiger charge is 2.26. The van der Waals surface area contributed by atoms with Gasteiger partial charge in [0.05, 0.1) is 11.6 Å². The molecule has 0 aliphatic heterocycles. The fraction of sp³-hybridized carbons (Fsp3) is 0.467. The number of nitrogens with one attached hydrogen (secondary N) is 2. The van der Waals surface area contributed by atoms with Gasteiger partial charge in [-0.1, -0.05) is 11.6 Å². The van der Waals surface area contributed by atoms with Crippen molar-refractivity contribution in [3.63, 3.8) is 0 Å². The molecule has 2 amide bonds. The van der Waals surface area contributed by atoms with Gasteiger partial charge in [0, 0.05) is 17.1 Å². The minimum atomic E-state index is -3.04.